The number of pyridine rings is 1. The van der Waals surface area contributed by atoms with Crippen LogP contribution in [0.3, 0.4) is 0 Å². The molecule has 1 atom stereocenters. The van der Waals surface area contributed by atoms with Crippen molar-refractivity contribution in [2.75, 3.05) is 40.9 Å². The number of likely N-dealkylation sites (N-methyl/N-ethyl adjacent to an activating group) is 2. The van der Waals surface area contributed by atoms with E-state index < -0.39 is 8.07 Å². The molecule has 0 unspecified atom stereocenters. The summed E-state index contributed by atoms with van der Waals surface area (Å²) in [4.78, 5) is 22.2. The molecular weight excluding hydrogens is 585 g/mol. The number of halogens is 2. The molecular formula is C32H41ClFN5O3Si. The highest BCUT2D eigenvalue weighted by Gasteiger charge is 2.28. The first-order chi connectivity index (χ1) is 20.4. The van der Waals surface area contributed by atoms with Gasteiger partial charge in [-0.2, -0.15) is 5.10 Å². The molecule has 0 saturated carbocycles. The Hall–Kier alpha value is -3.31. The molecule has 4 aromatic rings. The maximum absolute atomic E-state index is 14.0. The Morgan fingerprint density at radius 2 is 1.88 bits per heavy atom. The van der Waals surface area contributed by atoms with E-state index in [-0.39, 0.29) is 24.5 Å². The van der Waals surface area contributed by atoms with Crippen LogP contribution in [0.5, 0.6) is 5.75 Å². The molecule has 0 aliphatic carbocycles. The van der Waals surface area contributed by atoms with E-state index in [9.17, 15) is 9.18 Å². The Kier molecular flexibility index (Phi) is 10.6. The minimum atomic E-state index is -1.24. The number of carbonyl (C=O) groups excluding carboxylic acids is 1. The summed E-state index contributed by atoms with van der Waals surface area (Å²) >= 11 is 6.51. The topological polar surface area (TPSA) is 72.7 Å². The number of amides is 1. The summed E-state index contributed by atoms with van der Waals surface area (Å²) in [5.41, 5.74) is 3.45. The Bertz CT molecular complexity index is 1570. The number of ether oxygens (including phenoxy) is 2. The first-order valence-electron chi connectivity index (χ1n) is 14.4. The molecule has 0 bridgehead atoms. The molecule has 230 valence electrons. The van der Waals surface area contributed by atoms with Gasteiger partial charge in [0.25, 0.3) is 5.91 Å². The molecule has 43 heavy (non-hydrogen) atoms. The third-order valence-corrected chi connectivity index (χ3v) is 9.22. The van der Waals surface area contributed by atoms with Gasteiger partial charge in [0.15, 0.2) is 0 Å². The van der Waals surface area contributed by atoms with Crippen LogP contribution in [0.2, 0.25) is 30.8 Å². The van der Waals surface area contributed by atoms with E-state index in [1.54, 1.807) is 53.3 Å². The number of hydrogen-bond acceptors (Lipinski definition) is 6. The zero-order chi connectivity index (χ0) is 31.3. The Morgan fingerprint density at radius 1 is 1.12 bits per heavy atom. The van der Waals surface area contributed by atoms with Crippen LogP contribution in [0.4, 0.5) is 4.39 Å². The number of hydrogen-bond donors (Lipinski definition) is 0. The molecule has 0 radical (unpaired) electrons. The molecule has 4 rings (SSSR count). The third kappa shape index (κ3) is 8.00. The van der Waals surface area contributed by atoms with Gasteiger partial charge in [-0.3, -0.25) is 4.79 Å². The summed E-state index contributed by atoms with van der Waals surface area (Å²) in [5.74, 6) is -0.0188. The fourth-order valence-corrected chi connectivity index (χ4v) is 5.86. The van der Waals surface area contributed by atoms with Crippen LogP contribution >= 0.6 is 11.6 Å². The van der Waals surface area contributed by atoms with Gasteiger partial charge >= 0.3 is 0 Å². The standard InChI is InChI=1S/C32H41ClFN5O3Si/c1-8-42-29-17-23(12-13-25(29)22-10-9-11-24(34)16-22)32(40)38(4)28(20-37(2)3)26-18-35-31(33)27-19-36-39(30(26)27)21-41-14-15-43(5,6)7/h9-13,16-19,28H,8,14-15,20-21H2,1-7H3/t28-/m1/s1. The quantitative estimate of drug-likeness (QED) is 0.0907. The van der Waals surface area contributed by atoms with Crippen molar-refractivity contribution in [2.24, 2.45) is 0 Å². The fraction of sp³-hybridized carbons (Fsp3) is 0.406. The number of rotatable bonds is 13. The van der Waals surface area contributed by atoms with E-state index in [1.807, 2.05) is 32.0 Å². The highest BCUT2D eigenvalue weighted by Crippen LogP contribution is 2.35. The summed E-state index contributed by atoms with van der Waals surface area (Å²) < 4.78 is 27.7. The van der Waals surface area contributed by atoms with Crippen molar-refractivity contribution in [1.29, 1.82) is 0 Å². The van der Waals surface area contributed by atoms with Crippen LogP contribution < -0.4 is 4.74 Å². The van der Waals surface area contributed by atoms with Gasteiger partial charge in [-0.05, 0) is 63.0 Å². The maximum Gasteiger partial charge on any atom is 0.254 e. The second-order valence-corrected chi connectivity index (χ2v) is 18.1. The Morgan fingerprint density at radius 3 is 2.56 bits per heavy atom. The second-order valence-electron chi connectivity index (χ2n) is 12.1. The van der Waals surface area contributed by atoms with Crippen LogP contribution in [0.15, 0.2) is 54.9 Å². The second kappa shape index (κ2) is 14.0. The SMILES string of the molecule is CCOc1cc(C(=O)N(C)[C@H](CN(C)C)c2cnc(Cl)c3cnn(COCC[Si](C)(C)C)c23)ccc1-c1cccc(F)c1. The van der Waals surface area contributed by atoms with E-state index in [4.69, 9.17) is 21.1 Å². The van der Waals surface area contributed by atoms with E-state index in [2.05, 4.69) is 29.7 Å². The Balaban J connectivity index is 1.70. The van der Waals surface area contributed by atoms with Crippen LogP contribution in [0, 0.1) is 5.82 Å². The lowest BCUT2D eigenvalue weighted by Gasteiger charge is -2.31. The molecule has 2 aromatic carbocycles. The van der Waals surface area contributed by atoms with Crippen LogP contribution in [0.25, 0.3) is 22.0 Å². The van der Waals surface area contributed by atoms with Gasteiger partial charge in [-0.25, -0.2) is 14.1 Å². The zero-order valence-electron chi connectivity index (χ0n) is 26.0. The molecule has 11 heteroatoms. The molecule has 0 aliphatic heterocycles. The number of nitrogens with zero attached hydrogens (tertiary/aromatic N) is 5. The van der Waals surface area contributed by atoms with Crippen molar-refractivity contribution in [3.63, 3.8) is 0 Å². The first-order valence-corrected chi connectivity index (χ1v) is 18.5. The summed E-state index contributed by atoms with van der Waals surface area (Å²) in [5, 5.41) is 5.62. The van der Waals surface area contributed by atoms with Crippen molar-refractivity contribution < 1.29 is 18.7 Å². The largest absolute Gasteiger partial charge is 0.493 e. The van der Waals surface area contributed by atoms with Crippen molar-refractivity contribution in [1.82, 2.24) is 24.6 Å². The lowest BCUT2D eigenvalue weighted by atomic mass is 10.0. The van der Waals surface area contributed by atoms with Crippen molar-refractivity contribution >= 4 is 36.5 Å². The molecule has 2 heterocycles. The van der Waals surface area contributed by atoms with E-state index in [0.29, 0.717) is 52.7 Å². The van der Waals surface area contributed by atoms with Crippen molar-refractivity contribution in [3.8, 4) is 16.9 Å². The smallest absolute Gasteiger partial charge is 0.254 e. The first kappa shape index (κ1) is 32.6. The van der Waals surface area contributed by atoms with Gasteiger partial charge in [0.05, 0.1) is 29.7 Å². The normalized spacial score (nSPS) is 12.6. The van der Waals surface area contributed by atoms with Crippen LogP contribution in [-0.4, -0.2) is 79.4 Å². The van der Waals surface area contributed by atoms with Crippen LogP contribution in [0.1, 0.15) is 28.9 Å². The third-order valence-electron chi connectivity index (χ3n) is 7.21. The van der Waals surface area contributed by atoms with Gasteiger partial charge in [-0.1, -0.05) is 43.4 Å². The molecule has 1 amide bonds. The minimum absolute atomic E-state index is 0.195. The molecule has 2 aromatic heterocycles. The highest BCUT2D eigenvalue weighted by molar-refractivity contribution is 6.76. The van der Waals surface area contributed by atoms with Gasteiger partial charge in [-0.15, -0.1) is 0 Å². The summed E-state index contributed by atoms with van der Waals surface area (Å²) in [6.07, 6.45) is 3.42. The number of carbonyl (C=O) groups is 1. The lowest BCUT2D eigenvalue weighted by molar-refractivity contribution is 0.0702. The molecule has 0 N–H and O–H groups in total. The average Bonchev–Trinajstić information content (AvgIpc) is 3.38. The predicted octanol–water partition coefficient (Wildman–Crippen LogP) is 6.98. The Labute approximate surface area is 259 Å². The predicted molar refractivity (Wildman–Crippen MR) is 173 cm³/mol. The summed E-state index contributed by atoms with van der Waals surface area (Å²) in [6, 6.07) is 12.3. The van der Waals surface area contributed by atoms with Crippen molar-refractivity contribution in [3.05, 3.63) is 77.0 Å². The highest BCUT2D eigenvalue weighted by atomic mass is 35.5. The zero-order valence-corrected chi connectivity index (χ0v) is 27.8. The monoisotopic (exact) mass is 625 g/mol. The molecule has 0 spiro atoms. The van der Waals surface area contributed by atoms with Gasteiger partial charge < -0.3 is 19.3 Å². The van der Waals surface area contributed by atoms with Gasteiger partial charge in [0.1, 0.15) is 23.5 Å². The maximum atomic E-state index is 14.0. The number of benzene rings is 2. The van der Waals surface area contributed by atoms with Crippen LogP contribution in [-0.2, 0) is 11.5 Å². The summed E-state index contributed by atoms with van der Waals surface area (Å²) in [6.45, 7) is 10.7. The molecule has 0 aliphatic rings. The average molecular weight is 626 g/mol. The number of aromatic nitrogens is 3. The van der Waals surface area contributed by atoms with E-state index in [0.717, 1.165) is 17.1 Å². The van der Waals surface area contributed by atoms with E-state index >= 15 is 0 Å². The summed E-state index contributed by atoms with van der Waals surface area (Å²) in [7, 11) is 4.46. The molecule has 0 saturated heterocycles. The van der Waals surface area contributed by atoms with E-state index in [1.165, 1.54) is 12.1 Å². The molecule has 8 nitrogen and oxygen atoms in total. The minimum Gasteiger partial charge on any atom is -0.493 e. The fourth-order valence-electron chi connectivity index (χ4n) is 4.91. The number of fused-ring (bicyclic) bond motifs is 1. The van der Waals surface area contributed by atoms with Gasteiger partial charge in [0.2, 0.25) is 0 Å². The molecule has 0 fully saturated rings. The van der Waals surface area contributed by atoms with Crippen molar-refractivity contribution in [2.45, 2.75) is 45.4 Å². The lowest BCUT2D eigenvalue weighted by Crippen LogP contribution is -2.37. The van der Waals surface area contributed by atoms with Gasteiger partial charge in [0, 0.05) is 51.2 Å².